The second-order valence-electron chi connectivity index (χ2n) is 7.24. The van der Waals surface area contributed by atoms with E-state index in [-0.39, 0.29) is 23.5 Å². The summed E-state index contributed by atoms with van der Waals surface area (Å²) in [4.78, 5) is 12.6. The van der Waals surface area contributed by atoms with Crippen molar-refractivity contribution in [3.63, 3.8) is 0 Å². The van der Waals surface area contributed by atoms with Crippen molar-refractivity contribution in [3.8, 4) is 17.2 Å². The van der Waals surface area contributed by atoms with Crippen LogP contribution in [0.4, 0.5) is 4.79 Å². The highest BCUT2D eigenvalue weighted by Crippen LogP contribution is 2.38. The molecule has 0 aliphatic rings. The summed E-state index contributed by atoms with van der Waals surface area (Å²) in [5.41, 5.74) is 1.56. The topological polar surface area (TPSA) is 106 Å². The summed E-state index contributed by atoms with van der Waals surface area (Å²) in [7, 11) is 1.07. The van der Waals surface area contributed by atoms with Crippen molar-refractivity contribution in [3.05, 3.63) is 47.5 Å². The van der Waals surface area contributed by atoms with Gasteiger partial charge in [-0.05, 0) is 42.3 Å². The lowest BCUT2D eigenvalue weighted by atomic mass is 10.1. The summed E-state index contributed by atoms with van der Waals surface area (Å²) < 4.78 is 42.6. The summed E-state index contributed by atoms with van der Waals surface area (Å²) in [5, 5.41) is 5.65. The van der Waals surface area contributed by atoms with Crippen LogP contribution < -0.4 is 24.8 Å². The van der Waals surface area contributed by atoms with E-state index in [1.165, 1.54) is 25.6 Å². The van der Waals surface area contributed by atoms with E-state index in [4.69, 9.17) is 14.2 Å². The van der Waals surface area contributed by atoms with Crippen LogP contribution in [-0.2, 0) is 16.6 Å². The van der Waals surface area contributed by atoms with Gasteiger partial charge in [-0.3, -0.25) is 0 Å². The van der Waals surface area contributed by atoms with Gasteiger partial charge < -0.3 is 24.8 Å². The van der Waals surface area contributed by atoms with E-state index in [0.29, 0.717) is 30.3 Å². The van der Waals surface area contributed by atoms with Crippen molar-refractivity contribution in [1.29, 1.82) is 0 Å². The summed E-state index contributed by atoms with van der Waals surface area (Å²) in [5.74, 6) is 1.48. The molecule has 0 aliphatic carbocycles. The maximum atomic E-state index is 12.6. The van der Waals surface area contributed by atoms with Crippen molar-refractivity contribution in [2.24, 2.45) is 0 Å². The van der Waals surface area contributed by atoms with Crippen LogP contribution in [0.15, 0.2) is 41.3 Å². The molecule has 0 spiro atoms. The molecule has 0 heterocycles. The number of carbonyl (C=O) groups is 1. The van der Waals surface area contributed by atoms with E-state index < -0.39 is 10.0 Å². The lowest BCUT2D eigenvalue weighted by molar-refractivity contribution is 0.237. The largest absolute Gasteiger partial charge is 0.493 e. The van der Waals surface area contributed by atoms with E-state index in [9.17, 15) is 13.2 Å². The average molecular weight is 480 g/mol. The van der Waals surface area contributed by atoms with Crippen LogP contribution in [-0.4, -0.2) is 53.2 Å². The molecule has 0 aromatic heterocycles. The lowest BCUT2D eigenvalue weighted by Crippen LogP contribution is -2.36. The van der Waals surface area contributed by atoms with Crippen LogP contribution in [0.2, 0.25) is 0 Å². The minimum absolute atomic E-state index is 0.231. The molecule has 2 amide bonds. The molecule has 2 N–H and O–H groups in total. The van der Waals surface area contributed by atoms with Gasteiger partial charge in [0, 0.05) is 19.6 Å². The first-order valence-corrected chi connectivity index (χ1v) is 12.1. The number of ether oxygens (including phenoxy) is 3. The molecule has 9 nitrogen and oxygen atoms in total. The zero-order valence-electron chi connectivity index (χ0n) is 20.0. The second kappa shape index (κ2) is 11.8. The van der Waals surface area contributed by atoms with Gasteiger partial charge in [0.25, 0.3) is 0 Å². The number of methoxy groups -OCH3 is 3. The Bertz CT molecular complexity index is 1010. The molecule has 0 saturated carbocycles. The molecule has 2 aromatic carbocycles. The van der Waals surface area contributed by atoms with Crippen LogP contribution >= 0.6 is 0 Å². The van der Waals surface area contributed by atoms with Gasteiger partial charge in [-0.1, -0.05) is 26.0 Å². The Labute approximate surface area is 196 Å². The third-order valence-electron chi connectivity index (χ3n) is 5.25. The van der Waals surface area contributed by atoms with Gasteiger partial charge in [-0.15, -0.1) is 0 Å². The Hall–Kier alpha value is -2.98. The Morgan fingerprint density at radius 3 is 1.97 bits per heavy atom. The van der Waals surface area contributed by atoms with Gasteiger partial charge in [-0.25, -0.2) is 13.2 Å². The minimum atomic E-state index is -3.52. The van der Waals surface area contributed by atoms with E-state index >= 15 is 0 Å². The Kier molecular flexibility index (Phi) is 9.36. The van der Waals surface area contributed by atoms with Crippen LogP contribution in [0, 0.1) is 0 Å². The number of hydrogen-bond donors (Lipinski definition) is 2. The number of benzene rings is 2. The van der Waals surface area contributed by atoms with Crippen molar-refractivity contribution in [2.45, 2.75) is 38.3 Å². The Balaban J connectivity index is 2.02. The van der Waals surface area contributed by atoms with Crippen molar-refractivity contribution in [1.82, 2.24) is 14.9 Å². The Morgan fingerprint density at radius 1 is 0.970 bits per heavy atom. The molecule has 2 rings (SSSR count). The number of carbonyl (C=O) groups excluding carboxylic acids is 1. The third kappa shape index (κ3) is 6.29. The Morgan fingerprint density at radius 2 is 1.52 bits per heavy atom. The molecule has 1 unspecified atom stereocenters. The number of rotatable bonds is 11. The van der Waals surface area contributed by atoms with Crippen LogP contribution in [0.25, 0.3) is 0 Å². The minimum Gasteiger partial charge on any atom is -0.493 e. The molecule has 0 saturated heterocycles. The van der Waals surface area contributed by atoms with Crippen molar-refractivity contribution < 1.29 is 27.4 Å². The van der Waals surface area contributed by atoms with E-state index in [2.05, 4.69) is 10.6 Å². The van der Waals surface area contributed by atoms with Crippen molar-refractivity contribution in [2.75, 3.05) is 34.4 Å². The van der Waals surface area contributed by atoms with E-state index in [0.717, 1.165) is 11.1 Å². The highest BCUT2D eigenvalue weighted by molar-refractivity contribution is 7.89. The summed E-state index contributed by atoms with van der Waals surface area (Å²) in [6, 6.07) is 9.39. The van der Waals surface area contributed by atoms with Gasteiger partial charge in [0.05, 0.1) is 32.3 Å². The molecular formula is C23H33N3O6S. The normalized spacial score (nSPS) is 12.2. The highest BCUT2D eigenvalue weighted by Gasteiger charge is 2.22. The summed E-state index contributed by atoms with van der Waals surface area (Å²) in [6.07, 6.45) is 0. The van der Waals surface area contributed by atoms with Crippen LogP contribution in [0.3, 0.4) is 0 Å². The van der Waals surface area contributed by atoms with E-state index in [1.54, 1.807) is 50.2 Å². The first-order chi connectivity index (χ1) is 15.7. The number of hydrogen-bond acceptors (Lipinski definition) is 6. The quantitative estimate of drug-likeness (QED) is 0.512. The molecule has 0 aliphatic heterocycles. The average Bonchev–Trinajstić information content (AvgIpc) is 2.82. The molecule has 10 heteroatoms. The predicted molar refractivity (Wildman–Crippen MR) is 126 cm³/mol. The summed E-state index contributed by atoms with van der Waals surface area (Å²) in [6.45, 7) is 6.49. The van der Waals surface area contributed by atoms with Crippen LogP contribution in [0.1, 0.15) is 37.9 Å². The standard InChI is InChI=1S/C23H33N3O6S/c1-7-26(8-2)33(28,29)19-11-9-18(10-12-19)16(3)25-23(27)24-15-17-13-20(30-4)22(32-6)21(14-17)31-5/h9-14,16H,7-8,15H2,1-6H3,(H2,24,25,27). The van der Waals surface area contributed by atoms with Crippen LogP contribution in [0.5, 0.6) is 17.2 Å². The monoisotopic (exact) mass is 479 g/mol. The smallest absolute Gasteiger partial charge is 0.315 e. The van der Waals surface area contributed by atoms with Gasteiger partial charge in [0.15, 0.2) is 11.5 Å². The highest BCUT2D eigenvalue weighted by atomic mass is 32.2. The van der Waals surface area contributed by atoms with Gasteiger partial charge >= 0.3 is 6.03 Å². The van der Waals surface area contributed by atoms with Gasteiger partial charge in [-0.2, -0.15) is 4.31 Å². The molecule has 1 atom stereocenters. The first kappa shape index (κ1) is 26.3. The molecule has 0 bridgehead atoms. The maximum absolute atomic E-state index is 12.6. The van der Waals surface area contributed by atoms with Gasteiger partial charge in [0.2, 0.25) is 15.8 Å². The fourth-order valence-electron chi connectivity index (χ4n) is 3.39. The number of sulfonamides is 1. The van der Waals surface area contributed by atoms with Crippen molar-refractivity contribution >= 4 is 16.1 Å². The molecule has 2 aromatic rings. The molecule has 33 heavy (non-hydrogen) atoms. The summed E-state index contributed by atoms with van der Waals surface area (Å²) >= 11 is 0. The van der Waals surface area contributed by atoms with E-state index in [1.807, 2.05) is 6.92 Å². The number of nitrogens with one attached hydrogen (secondary N) is 2. The number of nitrogens with zero attached hydrogens (tertiary/aromatic N) is 1. The second-order valence-corrected chi connectivity index (χ2v) is 9.18. The number of urea groups is 1. The zero-order chi connectivity index (χ0) is 24.6. The SMILES string of the molecule is CCN(CC)S(=O)(=O)c1ccc(C(C)NC(=O)NCc2cc(OC)c(OC)c(OC)c2)cc1. The molecular weight excluding hydrogens is 446 g/mol. The third-order valence-corrected chi connectivity index (χ3v) is 7.31. The fourth-order valence-corrected chi connectivity index (χ4v) is 4.85. The number of amides is 2. The zero-order valence-corrected chi connectivity index (χ0v) is 20.8. The van der Waals surface area contributed by atoms with Gasteiger partial charge in [0.1, 0.15) is 0 Å². The predicted octanol–water partition coefficient (Wildman–Crippen LogP) is 3.30. The molecule has 0 fully saturated rings. The fraction of sp³-hybridized carbons (Fsp3) is 0.435. The molecule has 0 radical (unpaired) electrons. The first-order valence-electron chi connectivity index (χ1n) is 10.6. The lowest BCUT2D eigenvalue weighted by Gasteiger charge is -2.19. The maximum Gasteiger partial charge on any atom is 0.315 e. The molecule has 182 valence electrons.